The summed E-state index contributed by atoms with van der Waals surface area (Å²) in [6.45, 7) is 2.41. The van der Waals surface area contributed by atoms with Crippen LogP contribution in [0.4, 0.5) is 27.6 Å². The Kier molecular flexibility index (Phi) is 8.85. The van der Waals surface area contributed by atoms with Crippen LogP contribution in [0.3, 0.4) is 0 Å². The molecule has 1 aliphatic rings. The Morgan fingerprint density at radius 2 is 1.74 bits per heavy atom. The quantitative estimate of drug-likeness (QED) is 0.281. The number of nitrogens with zero attached hydrogens (tertiary/aromatic N) is 3. The van der Waals surface area contributed by atoms with Crippen LogP contribution in [-0.2, 0) is 23.0 Å². The van der Waals surface area contributed by atoms with Gasteiger partial charge in [-0.25, -0.2) is 18.6 Å². The molecule has 46 heavy (non-hydrogen) atoms. The molecule has 1 fully saturated rings. The predicted molar refractivity (Wildman–Crippen MR) is 159 cm³/mol. The number of carbonyl (C=O) groups is 2. The Labute approximate surface area is 259 Å². The van der Waals surface area contributed by atoms with Crippen LogP contribution in [-0.4, -0.2) is 64.6 Å². The highest BCUT2D eigenvalue weighted by Gasteiger charge is 2.46. The molecule has 14 heteroatoms. The molecule has 5 rings (SSSR count). The van der Waals surface area contributed by atoms with E-state index in [2.05, 4.69) is 10.3 Å². The average molecular weight is 645 g/mol. The fourth-order valence-electron chi connectivity index (χ4n) is 5.55. The van der Waals surface area contributed by atoms with Gasteiger partial charge in [0.15, 0.2) is 0 Å². The first-order chi connectivity index (χ1) is 21.7. The number of rotatable bonds is 7. The van der Waals surface area contributed by atoms with Crippen LogP contribution in [0.5, 0.6) is 0 Å². The van der Waals surface area contributed by atoms with Crippen LogP contribution in [0.2, 0.25) is 0 Å². The van der Waals surface area contributed by atoms with E-state index in [1.807, 2.05) is 0 Å². The van der Waals surface area contributed by atoms with Gasteiger partial charge in [0.25, 0.3) is 11.5 Å². The fraction of sp³-hybridized carbons (Fsp3) is 0.312. The lowest BCUT2D eigenvalue weighted by Crippen LogP contribution is -2.53. The van der Waals surface area contributed by atoms with E-state index < -0.39 is 59.6 Å². The number of fused-ring (bicyclic) bond motifs is 1. The molecule has 9 nitrogen and oxygen atoms in total. The highest BCUT2D eigenvalue weighted by atomic mass is 19.4. The number of aliphatic carboxylic acids is 1. The zero-order valence-corrected chi connectivity index (χ0v) is 24.9. The van der Waals surface area contributed by atoms with E-state index in [4.69, 9.17) is 4.74 Å². The molecule has 1 saturated heterocycles. The molecule has 0 saturated carbocycles. The van der Waals surface area contributed by atoms with Crippen LogP contribution >= 0.6 is 0 Å². The molecule has 0 aliphatic carbocycles. The highest BCUT2D eigenvalue weighted by molar-refractivity contribution is 5.99. The summed E-state index contributed by atoms with van der Waals surface area (Å²) in [7, 11) is 1.63. The number of anilines is 1. The number of morpholine rings is 1. The summed E-state index contributed by atoms with van der Waals surface area (Å²) < 4.78 is 77.1. The highest BCUT2D eigenvalue weighted by Crippen LogP contribution is 2.33. The van der Waals surface area contributed by atoms with Crippen molar-refractivity contribution in [3.8, 4) is 11.3 Å². The van der Waals surface area contributed by atoms with Crippen molar-refractivity contribution in [3.05, 3.63) is 93.0 Å². The number of nitrogens with one attached hydrogen (secondary N) is 1. The molecule has 0 bridgehead atoms. The van der Waals surface area contributed by atoms with E-state index in [9.17, 15) is 32.7 Å². The third kappa shape index (κ3) is 6.16. The molecule has 1 amide bonds. The third-order valence-corrected chi connectivity index (χ3v) is 8.20. The molecule has 3 aromatic carbocycles. The number of aryl methyl sites for hydroxylation is 1. The molecule has 0 radical (unpaired) electrons. The van der Waals surface area contributed by atoms with Gasteiger partial charge in [0, 0.05) is 37.0 Å². The van der Waals surface area contributed by atoms with Crippen molar-refractivity contribution in [1.82, 2.24) is 14.9 Å². The van der Waals surface area contributed by atoms with E-state index >= 15 is 8.78 Å². The van der Waals surface area contributed by atoms with Gasteiger partial charge < -0.3 is 24.6 Å². The summed E-state index contributed by atoms with van der Waals surface area (Å²) >= 11 is 0. The van der Waals surface area contributed by atoms with Crippen molar-refractivity contribution < 1.29 is 41.4 Å². The van der Waals surface area contributed by atoms with Crippen molar-refractivity contribution in [3.63, 3.8) is 0 Å². The second-order valence-corrected chi connectivity index (χ2v) is 11.0. The van der Waals surface area contributed by atoms with Gasteiger partial charge in [-0.3, -0.25) is 9.59 Å². The summed E-state index contributed by atoms with van der Waals surface area (Å²) in [6, 6.07) is 7.51. The van der Waals surface area contributed by atoms with Gasteiger partial charge in [-0.15, -0.1) is 0 Å². The maximum absolute atomic E-state index is 15.1. The lowest BCUT2D eigenvalue weighted by molar-refractivity contribution is -0.167. The standard InChI is InChI=1S/C32H29F5N4O5/c1-16-17(2)40(3)30(43)28(38-16)22-9-8-18(20-6-4-5-7-21(20)22)12-25(31(44)45)39-29(42)27-23(33)13-19(14-24(27)34)41-10-11-46-15-26(41)32(35,36)37/h4-9,13-14,25-26H,10-12,15H2,1-3H3,(H,39,42)(H,44,45)/t25-,26+/m0/s1. The van der Waals surface area contributed by atoms with Crippen LogP contribution in [0, 0.1) is 25.5 Å². The summed E-state index contributed by atoms with van der Waals surface area (Å²) in [6.07, 6.45) is -5.05. The van der Waals surface area contributed by atoms with Gasteiger partial charge >= 0.3 is 12.1 Å². The van der Waals surface area contributed by atoms with Gasteiger partial charge in [0.05, 0.1) is 18.9 Å². The minimum Gasteiger partial charge on any atom is -0.480 e. The molecule has 2 atom stereocenters. The number of carboxylic acid groups (broad SMARTS) is 1. The molecular weight excluding hydrogens is 615 g/mol. The number of ether oxygens (including phenoxy) is 1. The molecule has 2 heterocycles. The Balaban J connectivity index is 1.44. The zero-order chi connectivity index (χ0) is 33.5. The largest absolute Gasteiger partial charge is 0.480 e. The topological polar surface area (TPSA) is 114 Å². The number of aromatic nitrogens is 2. The number of benzene rings is 3. The van der Waals surface area contributed by atoms with Crippen LogP contribution in [0.15, 0.2) is 53.3 Å². The maximum atomic E-state index is 15.1. The summed E-state index contributed by atoms with van der Waals surface area (Å²) in [5, 5.41) is 13.2. The first kappa shape index (κ1) is 32.5. The van der Waals surface area contributed by atoms with Crippen molar-refractivity contribution >= 4 is 28.3 Å². The zero-order valence-electron chi connectivity index (χ0n) is 24.9. The van der Waals surface area contributed by atoms with Gasteiger partial charge in [0.1, 0.15) is 35.0 Å². The second kappa shape index (κ2) is 12.5. The Bertz CT molecular complexity index is 1890. The van der Waals surface area contributed by atoms with Gasteiger partial charge in [-0.1, -0.05) is 36.4 Å². The van der Waals surface area contributed by atoms with Crippen molar-refractivity contribution in [1.29, 1.82) is 0 Å². The van der Waals surface area contributed by atoms with E-state index in [1.54, 1.807) is 57.3 Å². The number of hydrogen-bond acceptors (Lipinski definition) is 6. The van der Waals surface area contributed by atoms with Crippen molar-refractivity contribution in [2.24, 2.45) is 7.05 Å². The lowest BCUT2D eigenvalue weighted by atomic mass is 9.94. The monoisotopic (exact) mass is 644 g/mol. The molecule has 2 N–H and O–H groups in total. The number of alkyl halides is 3. The van der Waals surface area contributed by atoms with Crippen molar-refractivity contribution in [2.75, 3.05) is 24.7 Å². The number of hydrogen-bond donors (Lipinski definition) is 2. The maximum Gasteiger partial charge on any atom is 0.411 e. The summed E-state index contributed by atoms with van der Waals surface area (Å²) in [5.74, 6) is -5.81. The first-order valence-electron chi connectivity index (χ1n) is 14.2. The van der Waals surface area contributed by atoms with Crippen LogP contribution in [0.1, 0.15) is 27.3 Å². The SMILES string of the molecule is Cc1nc(-c2ccc(C[C@H](NC(=O)c3c(F)cc(N4CCOC[C@@H]4C(F)(F)F)cc3F)C(=O)O)c3ccccc23)c(=O)n(C)c1C. The molecular formula is C32H29F5N4O5. The molecule has 242 valence electrons. The minimum absolute atomic E-state index is 0.105. The summed E-state index contributed by atoms with van der Waals surface area (Å²) in [5.41, 5.74) is 0.611. The molecule has 4 aromatic rings. The normalized spacial score (nSPS) is 16.0. The van der Waals surface area contributed by atoms with E-state index in [0.717, 1.165) is 4.90 Å². The van der Waals surface area contributed by atoms with E-state index in [1.165, 1.54) is 4.57 Å². The van der Waals surface area contributed by atoms with Crippen molar-refractivity contribution in [2.45, 2.75) is 38.5 Å². The molecule has 1 aromatic heterocycles. The van der Waals surface area contributed by atoms with E-state index in [-0.39, 0.29) is 30.8 Å². The Morgan fingerprint density at radius 1 is 1.09 bits per heavy atom. The van der Waals surface area contributed by atoms with Crippen LogP contribution < -0.4 is 15.8 Å². The molecule has 0 unspecified atom stereocenters. The second-order valence-electron chi connectivity index (χ2n) is 11.0. The number of carbonyl (C=O) groups excluding carboxylic acids is 1. The van der Waals surface area contributed by atoms with Crippen LogP contribution in [0.25, 0.3) is 22.0 Å². The summed E-state index contributed by atoms with van der Waals surface area (Å²) in [4.78, 5) is 43.6. The smallest absolute Gasteiger partial charge is 0.411 e. The average Bonchev–Trinajstić information content (AvgIpc) is 3.01. The minimum atomic E-state index is -4.74. The Morgan fingerprint density at radius 3 is 2.37 bits per heavy atom. The van der Waals surface area contributed by atoms with E-state index in [0.29, 0.717) is 45.4 Å². The predicted octanol–water partition coefficient (Wildman–Crippen LogP) is 4.69. The Hall–Kier alpha value is -4.85. The molecule has 0 spiro atoms. The first-order valence-corrected chi connectivity index (χ1v) is 14.2. The molecule has 1 aliphatic heterocycles. The lowest BCUT2D eigenvalue weighted by Gasteiger charge is -2.38. The van der Waals surface area contributed by atoms with Gasteiger partial charge in [-0.05, 0) is 42.3 Å². The van der Waals surface area contributed by atoms with Gasteiger partial charge in [0.2, 0.25) is 0 Å². The third-order valence-electron chi connectivity index (χ3n) is 8.20. The fourth-order valence-corrected chi connectivity index (χ4v) is 5.55. The number of halogens is 5. The number of amides is 1. The number of carboxylic acids is 1. The van der Waals surface area contributed by atoms with Gasteiger partial charge in [-0.2, -0.15) is 13.2 Å².